The number of carbonyl (C=O) groups is 1. The topological polar surface area (TPSA) is 41.1 Å². The Kier molecular flexibility index (Phi) is 5.57. The number of aryl methyl sites for hydroxylation is 1. The number of amides is 1. The molecular formula is C13H20N2O. The number of rotatable bonds is 6. The Morgan fingerprint density at radius 1 is 1.25 bits per heavy atom. The van der Waals surface area contributed by atoms with E-state index in [0.717, 1.165) is 12.8 Å². The summed E-state index contributed by atoms with van der Waals surface area (Å²) in [5.41, 5.74) is 6.86. The zero-order valence-corrected chi connectivity index (χ0v) is 9.99. The average molecular weight is 220 g/mol. The minimum atomic E-state index is 0.0598. The number of nitrogens with one attached hydrogen (secondary N) is 2. The highest BCUT2D eigenvalue weighted by atomic mass is 16.2. The van der Waals surface area contributed by atoms with Gasteiger partial charge in [-0.3, -0.25) is 10.2 Å². The van der Waals surface area contributed by atoms with E-state index >= 15 is 0 Å². The molecule has 0 saturated carbocycles. The second-order valence-corrected chi connectivity index (χ2v) is 4.19. The summed E-state index contributed by atoms with van der Waals surface area (Å²) in [4.78, 5) is 11.4. The van der Waals surface area contributed by atoms with Crippen molar-refractivity contribution in [2.24, 2.45) is 0 Å². The van der Waals surface area contributed by atoms with E-state index in [1.165, 1.54) is 5.56 Å². The van der Waals surface area contributed by atoms with Crippen molar-refractivity contribution in [2.75, 3.05) is 0 Å². The Hall–Kier alpha value is -1.35. The largest absolute Gasteiger partial charge is 0.291 e. The van der Waals surface area contributed by atoms with Crippen molar-refractivity contribution in [3.63, 3.8) is 0 Å². The molecule has 1 aromatic rings. The third-order valence-corrected chi connectivity index (χ3v) is 2.21. The van der Waals surface area contributed by atoms with Crippen molar-refractivity contribution in [3.8, 4) is 0 Å². The summed E-state index contributed by atoms with van der Waals surface area (Å²) in [6.45, 7) is 3.98. The smallest absolute Gasteiger partial charge is 0.234 e. The lowest BCUT2D eigenvalue weighted by Crippen LogP contribution is -2.41. The maximum absolute atomic E-state index is 11.4. The Balaban J connectivity index is 2.13. The monoisotopic (exact) mass is 220 g/mol. The molecule has 0 aromatic heterocycles. The molecule has 0 bridgehead atoms. The first-order valence-electron chi connectivity index (χ1n) is 5.77. The Morgan fingerprint density at radius 3 is 2.56 bits per heavy atom. The SMILES string of the molecule is CC(C)NNC(=O)CCCc1ccccc1. The number of hydrogen-bond donors (Lipinski definition) is 2. The van der Waals surface area contributed by atoms with Crippen molar-refractivity contribution in [1.82, 2.24) is 10.9 Å². The number of hydrogen-bond acceptors (Lipinski definition) is 2. The quantitative estimate of drug-likeness (QED) is 0.720. The molecule has 1 amide bonds. The molecule has 0 heterocycles. The molecule has 0 fully saturated rings. The number of carbonyl (C=O) groups excluding carboxylic acids is 1. The second kappa shape index (κ2) is 7.01. The Bertz CT molecular complexity index is 309. The average Bonchev–Trinajstić information content (AvgIpc) is 2.28. The molecule has 0 radical (unpaired) electrons. The van der Waals surface area contributed by atoms with Crippen molar-refractivity contribution >= 4 is 5.91 Å². The summed E-state index contributed by atoms with van der Waals surface area (Å²) >= 11 is 0. The van der Waals surface area contributed by atoms with Gasteiger partial charge in [0.1, 0.15) is 0 Å². The van der Waals surface area contributed by atoms with Crippen molar-refractivity contribution in [2.45, 2.75) is 39.2 Å². The van der Waals surface area contributed by atoms with Gasteiger partial charge in [-0.1, -0.05) is 30.3 Å². The van der Waals surface area contributed by atoms with Gasteiger partial charge in [-0.15, -0.1) is 0 Å². The van der Waals surface area contributed by atoms with Crippen LogP contribution in [-0.4, -0.2) is 11.9 Å². The van der Waals surface area contributed by atoms with Crippen LogP contribution < -0.4 is 10.9 Å². The maximum Gasteiger partial charge on any atom is 0.234 e. The van der Waals surface area contributed by atoms with Gasteiger partial charge in [0.2, 0.25) is 5.91 Å². The number of hydrazine groups is 1. The zero-order chi connectivity index (χ0) is 11.8. The predicted molar refractivity (Wildman–Crippen MR) is 65.8 cm³/mol. The first-order chi connectivity index (χ1) is 7.68. The van der Waals surface area contributed by atoms with E-state index in [-0.39, 0.29) is 11.9 Å². The molecule has 0 spiro atoms. The predicted octanol–water partition coefficient (Wildman–Crippen LogP) is 2.04. The fourth-order valence-corrected chi connectivity index (χ4v) is 1.39. The second-order valence-electron chi connectivity index (χ2n) is 4.19. The Morgan fingerprint density at radius 2 is 1.94 bits per heavy atom. The highest BCUT2D eigenvalue weighted by molar-refractivity contribution is 5.75. The maximum atomic E-state index is 11.4. The van der Waals surface area contributed by atoms with E-state index in [2.05, 4.69) is 23.0 Å². The van der Waals surface area contributed by atoms with Crippen molar-refractivity contribution in [1.29, 1.82) is 0 Å². The summed E-state index contributed by atoms with van der Waals surface area (Å²) in [6, 6.07) is 10.5. The van der Waals surface area contributed by atoms with Crippen LogP contribution in [0.1, 0.15) is 32.3 Å². The molecule has 0 atom stereocenters. The molecule has 16 heavy (non-hydrogen) atoms. The standard InChI is InChI=1S/C13H20N2O/c1-11(2)14-15-13(16)10-6-9-12-7-4-3-5-8-12/h3-5,7-8,11,14H,6,9-10H2,1-2H3,(H,15,16). The third-order valence-electron chi connectivity index (χ3n) is 2.21. The van der Waals surface area contributed by atoms with E-state index in [4.69, 9.17) is 0 Å². The minimum absolute atomic E-state index is 0.0598. The zero-order valence-electron chi connectivity index (χ0n) is 9.99. The van der Waals surface area contributed by atoms with Crippen molar-refractivity contribution in [3.05, 3.63) is 35.9 Å². The fourth-order valence-electron chi connectivity index (χ4n) is 1.39. The van der Waals surface area contributed by atoms with E-state index < -0.39 is 0 Å². The highest BCUT2D eigenvalue weighted by Crippen LogP contribution is 2.03. The molecule has 3 heteroatoms. The van der Waals surface area contributed by atoms with Crippen LogP contribution in [0.25, 0.3) is 0 Å². The molecule has 0 aliphatic rings. The van der Waals surface area contributed by atoms with Crippen LogP contribution in [0.2, 0.25) is 0 Å². The fraction of sp³-hybridized carbons (Fsp3) is 0.462. The van der Waals surface area contributed by atoms with Crippen LogP contribution in [0, 0.1) is 0 Å². The lowest BCUT2D eigenvalue weighted by atomic mass is 10.1. The van der Waals surface area contributed by atoms with Gasteiger partial charge >= 0.3 is 0 Å². The van der Waals surface area contributed by atoms with Gasteiger partial charge in [-0.05, 0) is 32.3 Å². The molecule has 88 valence electrons. The molecule has 0 aliphatic heterocycles. The summed E-state index contributed by atoms with van der Waals surface area (Å²) in [6.07, 6.45) is 2.40. The van der Waals surface area contributed by atoms with Crippen LogP contribution >= 0.6 is 0 Å². The molecule has 0 saturated heterocycles. The van der Waals surface area contributed by atoms with E-state index in [1.54, 1.807) is 0 Å². The molecule has 1 aromatic carbocycles. The van der Waals surface area contributed by atoms with E-state index in [1.807, 2.05) is 32.0 Å². The van der Waals surface area contributed by atoms with Crippen LogP contribution in [0.15, 0.2) is 30.3 Å². The van der Waals surface area contributed by atoms with Gasteiger partial charge < -0.3 is 0 Å². The van der Waals surface area contributed by atoms with Crippen LogP contribution in [0.5, 0.6) is 0 Å². The summed E-state index contributed by atoms with van der Waals surface area (Å²) < 4.78 is 0. The molecule has 0 aliphatic carbocycles. The Labute approximate surface area is 97.2 Å². The summed E-state index contributed by atoms with van der Waals surface area (Å²) in [5.74, 6) is 0.0598. The van der Waals surface area contributed by atoms with E-state index in [0.29, 0.717) is 6.42 Å². The van der Waals surface area contributed by atoms with Gasteiger partial charge in [-0.25, -0.2) is 5.43 Å². The lowest BCUT2D eigenvalue weighted by Gasteiger charge is -2.09. The van der Waals surface area contributed by atoms with Crippen LogP contribution in [0.4, 0.5) is 0 Å². The lowest BCUT2D eigenvalue weighted by molar-refractivity contribution is -0.122. The normalized spacial score (nSPS) is 10.4. The van der Waals surface area contributed by atoms with E-state index in [9.17, 15) is 4.79 Å². The third kappa shape index (κ3) is 5.51. The molecule has 3 nitrogen and oxygen atoms in total. The summed E-state index contributed by atoms with van der Waals surface area (Å²) in [7, 11) is 0. The first kappa shape index (κ1) is 12.7. The van der Waals surface area contributed by atoms with Crippen molar-refractivity contribution < 1.29 is 4.79 Å². The minimum Gasteiger partial charge on any atom is -0.291 e. The number of benzene rings is 1. The molecule has 0 unspecified atom stereocenters. The first-order valence-corrected chi connectivity index (χ1v) is 5.77. The van der Waals surface area contributed by atoms with Crippen LogP contribution in [0.3, 0.4) is 0 Å². The van der Waals surface area contributed by atoms with Gasteiger partial charge in [0.25, 0.3) is 0 Å². The van der Waals surface area contributed by atoms with Gasteiger partial charge in [-0.2, -0.15) is 0 Å². The van der Waals surface area contributed by atoms with Gasteiger partial charge in [0, 0.05) is 12.5 Å². The molecular weight excluding hydrogens is 200 g/mol. The molecule has 1 rings (SSSR count). The molecule has 2 N–H and O–H groups in total. The van der Waals surface area contributed by atoms with Gasteiger partial charge in [0.15, 0.2) is 0 Å². The highest BCUT2D eigenvalue weighted by Gasteiger charge is 2.01. The van der Waals surface area contributed by atoms with Crippen LogP contribution in [-0.2, 0) is 11.2 Å². The van der Waals surface area contributed by atoms with Gasteiger partial charge in [0.05, 0.1) is 0 Å². The summed E-state index contributed by atoms with van der Waals surface area (Å²) in [5, 5.41) is 0.